The van der Waals surface area contributed by atoms with E-state index in [1.54, 1.807) is 21.5 Å². The Morgan fingerprint density at radius 2 is 1.97 bits per heavy atom. The molecule has 1 aliphatic rings. The van der Waals surface area contributed by atoms with Crippen molar-refractivity contribution in [2.24, 2.45) is 5.73 Å². The predicted molar refractivity (Wildman–Crippen MR) is 125 cm³/mol. The first-order chi connectivity index (χ1) is 15.9. The summed E-state index contributed by atoms with van der Waals surface area (Å²) < 4.78 is 34.1. The van der Waals surface area contributed by atoms with Crippen LogP contribution in [0.15, 0.2) is 41.5 Å². The Bertz CT molecular complexity index is 1500. The van der Waals surface area contributed by atoms with Crippen LogP contribution in [0.4, 0.5) is 0 Å². The van der Waals surface area contributed by atoms with Crippen LogP contribution >= 0.6 is 0 Å². The molecule has 0 atom stereocenters. The van der Waals surface area contributed by atoms with Crippen LogP contribution in [0, 0.1) is 0 Å². The molecule has 33 heavy (non-hydrogen) atoms. The van der Waals surface area contributed by atoms with Gasteiger partial charge in [0.15, 0.2) is 0 Å². The zero-order valence-electron chi connectivity index (χ0n) is 18.3. The minimum absolute atomic E-state index is 0.00402. The van der Waals surface area contributed by atoms with Gasteiger partial charge in [-0.15, -0.1) is 0 Å². The standard InChI is InChI=1S/C22H26N6O4S/c1-33(30,31)8-2-7-26-18-4-3-15(10-23)9-17(18)25-21(26)12-27-20-11-24-6-5-19(20)28(22(27)29)16-13-32-14-16/h3-6,9,11,16H,2,7-8,10,12-14,23H2,1H3. The van der Waals surface area contributed by atoms with Crippen molar-refractivity contribution in [2.75, 3.05) is 25.2 Å². The van der Waals surface area contributed by atoms with Gasteiger partial charge in [0, 0.05) is 25.5 Å². The molecular weight excluding hydrogens is 444 g/mol. The van der Waals surface area contributed by atoms with E-state index in [9.17, 15) is 13.2 Å². The summed E-state index contributed by atoms with van der Waals surface area (Å²) in [7, 11) is -3.08. The van der Waals surface area contributed by atoms with Crippen molar-refractivity contribution in [3.05, 3.63) is 58.5 Å². The quantitative estimate of drug-likeness (QED) is 0.408. The van der Waals surface area contributed by atoms with Crippen molar-refractivity contribution in [2.45, 2.75) is 32.1 Å². The Balaban J connectivity index is 1.60. The Morgan fingerprint density at radius 3 is 2.67 bits per heavy atom. The third-order valence-corrected chi connectivity index (χ3v) is 7.10. The molecule has 0 radical (unpaired) electrons. The molecule has 0 aliphatic carbocycles. The van der Waals surface area contributed by atoms with Crippen LogP contribution in [-0.4, -0.2) is 57.3 Å². The Labute approximate surface area is 190 Å². The summed E-state index contributed by atoms with van der Waals surface area (Å²) in [6.45, 7) is 2.13. The lowest BCUT2D eigenvalue weighted by Gasteiger charge is -2.26. The number of hydrogen-bond donors (Lipinski definition) is 1. The molecule has 1 fully saturated rings. The van der Waals surface area contributed by atoms with Gasteiger partial charge in [0.2, 0.25) is 0 Å². The van der Waals surface area contributed by atoms with Crippen LogP contribution in [0.1, 0.15) is 23.9 Å². The summed E-state index contributed by atoms with van der Waals surface area (Å²) in [6, 6.07) is 7.68. The highest BCUT2D eigenvalue weighted by Crippen LogP contribution is 2.24. The highest BCUT2D eigenvalue weighted by molar-refractivity contribution is 7.90. The van der Waals surface area contributed by atoms with Gasteiger partial charge >= 0.3 is 5.69 Å². The van der Waals surface area contributed by atoms with Crippen LogP contribution < -0.4 is 11.4 Å². The lowest BCUT2D eigenvalue weighted by molar-refractivity contribution is -0.0231. The van der Waals surface area contributed by atoms with E-state index in [0.717, 1.165) is 27.6 Å². The van der Waals surface area contributed by atoms with Gasteiger partial charge in [-0.25, -0.2) is 18.2 Å². The second kappa shape index (κ2) is 8.40. The lowest BCUT2D eigenvalue weighted by atomic mass is 10.2. The molecular formula is C22H26N6O4S. The highest BCUT2D eigenvalue weighted by Gasteiger charge is 2.27. The lowest BCUT2D eigenvalue weighted by Crippen LogP contribution is -2.38. The summed E-state index contributed by atoms with van der Waals surface area (Å²) in [4.78, 5) is 22.4. The summed E-state index contributed by atoms with van der Waals surface area (Å²) in [6.07, 6.45) is 5.06. The molecule has 3 aromatic heterocycles. The smallest absolute Gasteiger partial charge is 0.329 e. The van der Waals surface area contributed by atoms with Gasteiger partial charge in [-0.2, -0.15) is 0 Å². The van der Waals surface area contributed by atoms with E-state index in [1.807, 2.05) is 28.8 Å². The molecule has 1 saturated heterocycles. The van der Waals surface area contributed by atoms with Crippen molar-refractivity contribution in [1.29, 1.82) is 0 Å². The summed E-state index contributed by atoms with van der Waals surface area (Å²) in [5, 5.41) is 0. The first-order valence-corrected chi connectivity index (χ1v) is 12.9. The van der Waals surface area contributed by atoms with E-state index in [1.165, 1.54) is 6.26 Å². The molecule has 0 unspecified atom stereocenters. The van der Waals surface area contributed by atoms with Crippen molar-refractivity contribution in [3.63, 3.8) is 0 Å². The van der Waals surface area contributed by atoms with Gasteiger partial charge in [-0.1, -0.05) is 6.07 Å². The number of benzene rings is 1. The van der Waals surface area contributed by atoms with Crippen LogP contribution in [0.3, 0.4) is 0 Å². The van der Waals surface area contributed by atoms with E-state index in [4.69, 9.17) is 15.5 Å². The number of nitrogens with zero attached hydrogens (tertiary/aromatic N) is 5. The fourth-order valence-corrected chi connectivity index (χ4v) is 5.01. The van der Waals surface area contributed by atoms with Gasteiger partial charge in [0.05, 0.1) is 59.8 Å². The largest absolute Gasteiger partial charge is 0.377 e. The average molecular weight is 471 g/mol. The third kappa shape index (κ3) is 4.07. The number of sulfone groups is 1. The van der Waals surface area contributed by atoms with Gasteiger partial charge in [-0.3, -0.25) is 14.1 Å². The number of rotatable bonds is 8. The zero-order chi connectivity index (χ0) is 23.2. The Morgan fingerprint density at radius 1 is 1.15 bits per heavy atom. The number of ether oxygens (including phenoxy) is 1. The molecule has 2 N–H and O–H groups in total. The fourth-order valence-electron chi connectivity index (χ4n) is 4.35. The Hall–Kier alpha value is -3.02. The molecule has 1 aromatic carbocycles. The van der Waals surface area contributed by atoms with Gasteiger partial charge in [0.1, 0.15) is 15.7 Å². The minimum atomic E-state index is -3.08. The normalized spacial score (nSPS) is 14.8. The molecule has 10 nitrogen and oxygen atoms in total. The second-order valence-electron chi connectivity index (χ2n) is 8.48. The SMILES string of the molecule is CS(=O)(=O)CCCn1c(Cn2c(=O)n(C3COC3)c3ccncc32)nc2cc(CN)ccc21. The molecule has 1 aliphatic heterocycles. The number of pyridine rings is 1. The molecule has 0 amide bonds. The van der Waals surface area contributed by atoms with Gasteiger partial charge in [0.25, 0.3) is 0 Å². The minimum Gasteiger partial charge on any atom is -0.377 e. The summed E-state index contributed by atoms with van der Waals surface area (Å²) in [5.41, 5.74) is 9.83. The third-order valence-electron chi connectivity index (χ3n) is 6.07. The summed E-state index contributed by atoms with van der Waals surface area (Å²) >= 11 is 0. The average Bonchev–Trinajstić information content (AvgIpc) is 3.22. The molecule has 4 heterocycles. The summed E-state index contributed by atoms with van der Waals surface area (Å²) in [5.74, 6) is 0.764. The number of fused-ring (bicyclic) bond motifs is 2. The van der Waals surface area contributed by atoms with Gasteiger partial charge in [-0.05, 0) is 30.2 Å². The molecule has 0 saturated carbocycles. The van der Waals surface area contributed by atoms with Crippen LogP contribution in [-0.2, 0) is 34.2 Å². The number of nitrogens with two attached hydrogens (primary N) is 1. The molecule has 11 heteroatoms. The molecule has 4 aromatic rings. The van der Waals surface area contributed by atoms with Crippen molar-refractivity contribution in [3.8, 4) is 0 Å². The number of aryl methyl sites for hydroxylation is 1. The maximum absolute atomic E-state index is 13.4. The first kappa shape index (κ1) is 21.8. The highest BCUT2D eigenvalue weighted by atomic mass is 32.2. The predicted octanol–water partition coefficient (Wildman–Crippen LogP) is 1.06. The van der Waals surface area contributed by atoms with E-state index < -0.39 is 9.84 Å². The first-order valence-electron chi connectivity index (χ1n) is 10.8. The zero-order valence-corrected chi connectivity index (χ0v) is 19.2. The molecule has 174 valence electrons. The van der Waals surface area contributed by atoms with E-state index in [-0.39, 0.29) is 24.0 Å². The number of imidazole rings is 2. The van der Waals surface area contributed by atoms with Crippen molar-refractivity contribution >= 4 is 31.9 Å². The molecule has 0 spiro atoms. The maximum Gasteiger partial charge on any atom is 0.329 e. The van der Waals surface area contributed by atoms with Crippen LogP contribution in [0.5, 0.6) is 0 Å². The second-order valence-corrected chi connectivity index (χ2v) is 10.7. The maximum atomic E-state index is 13.4. The molecule has 5 rings (SSSR count). The van der Waals surface area contributed by atoms with Crippen molar-refractivity contribution < 1.29 is 13.2 Å². The van der Waals surface area contributed by atoms with E-state index >= 15 is 0 Å². The number of hydrogen-bond acceptors (Lipinski definition) is 7. The topological polar surface area (TPSA) is 127 Å². The Kier molecular flexibility index (Phi) is 5.55. The molecule has 0 bridgehead atoms. The fraction of sp³-hybridized carbons (Fsp3) is 0.409. The number of aromatic nitrogens is 5. The van der Waals surface area contributed by atoms with Crippen molar-refractivity contribution in [1.82, 2.24) is 23.7 Å². The van der Waals surface area contributed by atoms with E-state index in [2.05, 4.69) is 4.98 Å². The van der Waals surface area contributed by atoms with Crippen LogP contribution in [0.2, 0.25) is 0 Å². The van der Waals surface area contributed by atoms with E-state index in [0.29, 0.717) is 38.5 Å². The van der Waals surface area contributed by atoms with Gasteiger partial charge < -0.3 is 15.0 Å². The van der Waals surface area contributed by atoms with Crippen LogP contribution in [0.25, 0.3) is 22.1 Å². The monoisotopic (exact) mass is 470 g/mol.